The number of anilines is 2. The molecular weight excluding hydrogens is 369 g/mol. The summed E-state index contributed by atoms with van der Waals surface area (Å²) in [6, 6.07) is 11.8. The number of benzene rings is 2. The quantitative estimate of drug-likeness (QED) is 0.815. The van der Waals surface area contributed by atoms with Crippen molar-refractivity contribution in [3.8, 4) is 0 Å². The molecule has 0 aromatic heterocycles. The van der Waals surface area contributed by atoms with E-state index in [1.165, 1.54) is 6.07 Å². The van der Waals surface area contributed by atoms with Crippen molar-refractivity contribution in [2.75, 3.05) is 36.4 Å². The van der Waals surface area contributed by atoms with Gasteiger partial charge < -0.3 is 15.1 Å². The number of piperazine rings is 1. The van der Waals surface area contributed by atoms with Gasteiger partial charge in [0.2, 0.25) is 11.8 Å². The monoisotopic (exact) mass is 389 g/mol. The highest BCUT2D eigenvalue weighted by Crippen LogP contribution is 2.23. The summed E-state index contributed by atoms with van der Waals surface area (Å²) in [6.07, 6.45) is -0.231. The largest absolute Gasteiger partial charge is 0.366 e. The minimum absolute atomic E-state index is 0.231. The molecule has 0 radical (unpaired) electrons. The Morgan fingerprint density at radius 2 is 1.78 bits per heavy atom. The van der Waals surface area contributed by atoms with Gasteiger partial charge in [0.25, 0.3) is 0 Å². The highest BCUT2D eigenvalue weighted by atomic mass is 35.5. The molecule has 0 spiro atoms. The molecule has 0 aliphatic carbocycles. The molecule has 0 saturated carbocycles. The van der Waals surface area contributed by atoms with Crippen LogP contribution < -0.4 is 10.2 Å². The maximum absolute atomic E-state index is 13.9. The van der Waals surface area contributed by atoms with Crippen LogP contribution in [-0.4, -0.2) is 42.9 Å². The molecule has 0 atom stereocenters. The number of nitrogens with zero attached hydrogens (tertiary/aromatic N) is 2. The molecule has 1 saturated heterocycles. The maximum Gasteiger partial charge on any atom is 0.233 e. The fraction of sp³-hybridized carbons (Fsp3) is 0.300. The van der Waals surface area contributed by atoms with Gasteiger partial charge in [0.1, 0.15) is 12.2 Å². The molecule has 2 aromatic carbocycles. The number of hydrogen-bond acceptors (Lipinski definition) is 3. The van der Waals surface area contributed by atoms with Crippen LogP contribution in [-0.2, 0) is 9.59 Å². The van der Waals surface area contributed by atoms with Crippen molar-refractivity contribution in [3.05, 3.63) is 58.9 Å². The first-order valence-corrected chi connectivity index (χ1v) is 9.15. The lowest BCUT2D eigenvalue weighted by Crippen LogP contribution is -2.49. The van der Waals surface area contributed by atoms with E-state index in [0.29, 0.717) is 42.6 Å². The molecule has 1 aliphatic heterocycles. The van der Waals surface area contributed by atoms with Crippen LogP contribution in [0.3, 0.4) is 0 Å². The van der Waals surface area contributed by atoms with Crippen molar-refractivity contribution in [1.82, 2.24) is 4.90 Å². The number of carbonyl (C=O) groups excluding carboxylic acids is 2. The lowest BCUT2D eigenvalue weighted by molar-refractivity contribution is -0.134. The van der Waals surface area contributed by atoms with E-state index in [-0.39, 0.29) is 24.1 Å². The second-order valence-electron chi connectivity index (χ2n) is 6.46. The molecule has 1 N–H and O–H groups in total. The van der Waals surface area contributed by atoms with Gasteiger partial charge in [-0.3, -0.25) is 9.59 Å². The van der Waals surface area contributed by atoms with E-state index >= 15 is 0 Å². The van der Waals surface area contributed by atoms with Crippen molar-refractivity contribution in [1.29, 1.82) is 0 Å². The first kappa shape index (κ1) is 19.2. The van der Waals surface area contributed by atoms with Crippen molar-refractivity contribution in [2.45, 2.75) is 13.3 Å². The molecule has 7 heteroatoms. The highest BCUT2D eigenvalue weighted by Gasteiger charge is 2.24. The van der Waals surface area contributed by atoms with E-state index in [0.717, 1.165) is 5.56 Å². The molecule has 2 amide bonds. The minimum Gasteiger partial charge on any atom is -0.366 e. The first-order chi connectivity index (χ1) is 13.0. The summed E-state index contributed by atoms with van der Waals surface area (Å²) in [6.45, 7) is 3.78. The Morgan fingerprint density at radius 1 is 1.07 bits per heavy atom. The van der Waals surface area contributed by atoms with E-state index in [2.05, 4.69) is 5.32 Å². The summed E-state index contributed by atoms with van der Waals surface area (Å²) in [5.74, 6) is -0.879. The fourth-order valence-corrected chi connectivity index (χ4v) is 3.27. The molecule has 2 aromatic rings. The molecule has 3 rings (SSSR count). The maximum atomic E-state index is 13.9. The third kappa shape index (κ3) is 4.57. The number of rotatable bonds is 4. The van der Waals surface area contributed by atoms with Gasteiger partial charge in [0.05, 0.1) is 5.69 Å². The van der Waals surface area contributed by atoms with Crippen LogP contribution >= 0.6 is 11.6 Å². The van der Waals surface area contributed by atoms with Crippen LogP contribution in [0.25, 0.3) is 0 Å². The predicted octanol–water partition coefficient (Wildman–Crippen LogP) is 3.46. The summed E-state index contributed by atoms with van der Waals surface area (Å²) < 4.78 is 13.9. The Labute approximate surface area is 162 Å². The second-order valence-corrected chi connectivity index (χ2v) is 6.86. The molecule has 1 heterocycles. The second kappa shape index (κ2) is 8.39. The molecule has 1 fully saturated rings. The predicted molar refractivity (Wildman–Crippen MR) is 105 cm³/mol. The lowest BCUT2D eigenvalue weighted by atomic mass is 10.2. The smallest absolute Gasteiger partial charge is 0.233 e. The standard InChI is InChI=1S/C20H21ClFN3O2/c1-14-15(21)5-4-7-17(14)23-19(26)13-20(27)25-11-9-24(10-12-25)18-8-3-2-6-16(18)22/h2-8H,9-13H2,1H3,(H,23,26). The van der Waals surface area contributed by atoms with Crippen LogP contribution in [0, 0.1) is 12.7 Å². The molecule has 1 aliphatic rings. The van der Waals surface area contributed by atoms with Crippen LogP contribution in [0.2, 0.25) is 5.02 Å². The van der Waals surface area contributed by atoms with Crippen molar-refractivity contribution >= 4 is 34.8 Å². The average molecular weight is 390 g/mol. The summed E-state index contributed by atoms with van der Waals surface area (Å²) in [7, 11) is 0. The van der Waals surface area contributed by atoms with E-state index in [4.69, 9.17) is 11.6 Å². The average Bonchev–Trinajstić information content (AvgIpc) is 2.66. The van der Waals surface area contributed by atoms with E-state index in [1.807, 2.05) is 11.8 Å². The van der Waals surface area contributed by atoms with Gasteiger partial charge in [-0.2, -0.15) is 0 Å². The Bertz CT molecular complexity index is 851. The van der Waals surface area contributed by atoms with Gasteiger partial charge in [-0.05, 0) is 36.8 Å². The number of amides is 2. The Hall–Kier alpha value is -2.60. The van der Waals surface area contributed by atoms with Crippen LogP contribution in [0.4, 0.5) is 15.8 Å². The van der Waals surface area contributed by atoms with Gasteiger partial charge in [-0.1, -0.05) is 29.8 Å². The number of nitrogens with one attached hydrogen (secondary N) is 1. The summed E-state index contributed by atoms with van der Waals surface area (Å²) in [5, 5.41) is 3.29. The Kier molecular flexibility index (Phi) is 5.96. The summed E-state index contributed by atoms with van der Waals surface area (Å²) >= 11 is 6.04. The van der Waals surface area contributed by atoms with Gasteiger partial charge in [0, 0.05) is 36.9 Å². The number of halogens is 2. The Balaban J connectivity index is 1.53. The van der Waals surface area contributed by atoms with E-state index < -0.39 is 0 Å². The Morgan fingerprint density at radius 3 is 2.48 bits per heavy atom. The summed E-state index contributed by atoms with van der Waals surface area (Å²) in [4.78, 5) is 28.2. The third-order valence-corrected chi connectivity index (χ3v) is 5.09. The van der Waals surface area contributed by atoms with Crippen LogP contribution in [0.15, 0.2) is 42.5 Å². The third-order valence-electron chi connectivity index (χ3n) is 4.68. The zero-order chi connectivity index (χ0) is 19.4. The zero-order valence-corrected chi connectivity index (χ0v) is 15.8. The first-order valence-electron chi connectivity index (χ1n) is 8.78. The lowest BCUT2D eigenvalue weighted by Gasteiger charge is -2.36. The van der Waals surface area contributed by atoms with Crippen molar-refractivity contribution in [3.63, 3.8) is 0 Å². The molecule has 0 bridgehead atoms. The molecule has 5 nitrogen and oxygen atoms in total. The SMILES string of the molecule is Cc1c(Cl)cccc1NC(=O)CC(=O)N1CCN(c2ccccc2F)CC1. The highest BCUT2D eigenvalue weighted by molar-refractivity contribution is 6.31. The van der Waals surface area contributed by atoms with Crippen molar-refractivity contribution in [2.24, 2.45) is 0 Å². The van der Waals surface area contributed by atoms with E-state index in [1.54, 1.807) is 41.3 Å². The normalized spacial score (nSPS) is 14.2. The fourth-order valence-electron chi connectivity index (χ4n) is 3.09. The van der Waals surface area contributed by atoms with Crippen molar-refractivity contribution < 1.29 is 14.0 Å². The number of carbonyl (C=O) groups is 2. The van der Waals surface area contributed by atoms with Gasteiger partial charge in [0.15, 0.2) is 0 Å². The minimum atomic E-state index is -0.373. The molecule has 0 unspecified atom stereocenters. The van der Waals surface area contributed by atoms with Gasteiger partial charge >= 0.3 is 0 Å². The van der Waals surface area contributed by atoms with Crippen LogP contribution in [0.1, 0.15) is 12.0 Å². The molecule has 142 valence electrons. The van der Waals surface area contributed by atoms with E-state index in [9.17, 15) is 14.0 Å². The molecular formula is C20H21ClFN3O2. The summed E-state index contributed by atoms with van der Waals surface area (Å²) in [5.41, 5.74) is 1.90. The van der Waals surface area contributed by atoms with Gasteiger partial charge in [-0.25, -0.2) is 4.39 Å². The topological polar surface area (TPSA) is 52.7 Å². The number of hydrogen-bond donors (Lipinski definition) is 1. The number of para-hydroxylation sites is 1. The molecule has 27 heavy (non-hydrogen) atoms. The van der Waals surface area contributed by atoms with Gasteiger partial charge in [-0.15, -0.1) is 0 Å². The zero-order valence-electron chi connectivity index (χ0n) is 15.0. The van der Waals surface area contributed by atoms with Crippen LogP contribution in [0.5, 0.6) is 0 Å².